The molecule has 0 unspecified atom stereocenters. The molecule has 0 fully saturated rings. The molecular formula is C31H47N5O5. The van der Waals surface area contributed by atoms with Gasteiger partial charge in [-0.15, -0.1) is 0 Å². The van der Waals surface area contributed by atoms with Crippen LogP contribution in [0.3, 0.4) is 0 Å². The lowest BCUT2D eigenvalue weighted by Crippen LogP contribution is -2.42. The van der Waals surface area contributed by atoms with Gasteiger partial charge in [0.25, 0.3) is 0 Å². The Hall–Kier alpha value is -3.40. The number of esters is 1. The van der Waals surface area contributed by atoms with E-state index < -0.39 is 11.2 Å². The Morgan fingerprint density at radius 3 is 2.46 bits per heavy atom. The van der Waals surface area contributed by atoms with Crippen LogP contribution in [-0.2, 0) is 27.1 Å². The summed E-state index contributed by atoms with van der Waals surface area (Å²) in [7, 11) is 1.56. The van der Waals surface area contributed by atoms with E-state index in [0.29, 0.717) is 25.5 Å². The van der Waals surface area contributed by atoms with E-state index in [0.717, 1.165) is 49.3 Å². The first-order chi connectivity index (χ1) is 19.3. The number of fused-ring (bicyclic) bond motifs is 1. The number of pyridine rings is 2. The van der Waals surface area contributed by atoms with Crippen molar-refractivity contribution in [2.24, 2.45) is 0 Å². The van der Waals surface area contributed by atoms with Crippen molar-refractivity contribution in [3.63, 3.8) is 0 Å². The molecule has 10 nitrogen and oxygen atoms in total. The predicted molar refractivity (Wildman–Crippen MR) is 159 cm³/mol. The number of hydrogen-bond acceptors (Lipinski definition) is 9. The Bertz CT molecular complexity index is 1140. The number of methoxy groups -OCH3 is 1. The number of amides is 1. The van der Waals surface area contributed by atoms with Crippen molar-refractivity contribution in [3.8, 4) is 5.88 Å². The SMILES string of the molecule is COc1ccc([C@H](CC(=O)OC(C)(C)C)NCCN(CCCc2ccc3c(n2)NCCC3)C(=O)OC(C)(C)C)cn1. The second-order valence-electron chi connectivity index (χ2n) is 12.3. The average molecular weight is 570 g/mol. The molecule has 1 aliphatic heterocycles. The van der Waals surface area contributed by atoms with Crippen LogP contribution < -0.4 is 15.4 Å². The third-order valence-electron chi connectivity index (χ3n) is 6.40. The fourth-order valence-electron chi connectivity index (χ4n) is 4.53. The average Bonchev–Trinajstić information content (AvgIpc) is 2.89. The highest BCUT2D eigenvalue weighted by molar-refractivity contribution is 5.71. The first-order valence-electron chi connectivity index (χ1n) is 14.5. The number of aryl methyl sites for hydroxylation is 2. The molecule has 226 valence electrons. The van der Waals surface area contributed by atoms with Crippen molar-refractivity contribution in [2.45, 2.75) is 90.9 Å². The minimum atomic E-state index is -0.609. The van der Waals surface area contributed by atoms with Crippen molar-refractivity contribution in [1.82, 2.24) is 20.2 Å². The maximum atomic E-state index is 13.1. The number of aromatic nitrogens is 2. The van der Waals surface area contributed by atoms with Gasteiger partial charge in [-0.2, -0.15) is 0 Å². The van der Waals surface area contributed by atoms with Gasteiger partial charge in [0.1, 0.15) is 17.0 Å². The smallest absolute Gasteiger partial charge is 0.410 e. The lowest BCUT2D eigenvalue weighted by molar-refractivity contribution is -0.155. The first kappa shape index (κ1) is 32.1. The van der Waals surface area contributed by atoms with Gasteiger partial charge in [-0.25, -0.2) is 14.8 Å². The van der Waals surface area contributed by atoms with E-state index in [9.17, 15) is 9.59 Å². The molecule has 2 aromatic rings. The van der Waals surface area contributed by atoms with Crippen LogP contribution in [0.25, 0.3) is 0 Å². The Morgan fingerprint density at radius 2 is 1.80 bits per heavy atom. The van der Waals surface area contributed by atoms with Crippen LogP contribution in [0, 0.1) is 0 Å². The fourth-order valence-corrected chi connectivity index (χ4v) is 4.53. The number of carbonyl (C=O) groups excluding carboxylic acids is 2. The topological polar surface area (TPSA) is 115 Å². The molecule has 0 saturated carbocycles. The summed E-state index contributed by atoms with van der Waals surface area (Å²) in [5.74, 6) is 1.15. The monoisotopic (exact) mass is 569 g/mol. The maximum Gasteiger partial charge on any atom is 0.410 e. The molecule has 0 spiro atoms. The van der Waals surface area contributed by atoms with Crippen molar-refractivity contribution in [2.75, 3.05) is 38.6 Å². The molecule has 1 amide bonds. The zero-order valence-electron chi connectivity index (χ0n) is 25.7. The summed E-state index contributed by atoms with van der Waals surface area (Å²) < 4.78 is 16.4. The Balaban J connectivity index is 1.64. The van der Waals surface area contributed by atoms with Crippen LogP contribution in [0.5, 0.6) is 5.88 Å². The molecule has 10 heteroatoms. The highest BCUT2D eigenvalue weighted by Crippen LogP contribution is 2.22. The number of hydrogen-bond donors (Lipinski definition) is 2. The van der Waals surface area contributed by atoms with E-state index in [-0.39, 0.29) is 24.5 Å². The van der Waals surface area contributed by atoms with Gasteiger partial charge in [0, 0.05) is 50.2 Å². The summed E-state index contributed by atoms with van der Waals surface area (Å²) in [6.45, 7) is 13.4. The van der Waals surface area contributed by atoms with Gasteiger partial charge in [0.2, 0.25) is 5.88 Å². The lowest BCUT2D eigenvalue weighted by Gasteiger charge is -2.28. The standard InChI is InChI=1S/C31H47N5O5/c1-30(2,3)40-27(37)20-25(23-13-15-26(39-7)34-21-23)32-17-19-36(29(38)41-31(4,5)6)18-9-11-24-14-12-22-10-8-16-33-28(22)35-24/h12-15,21,25,32H,8-11,16-20H2,1-7H3,(H,33,35)/t25-/m0/s1. The fraction of sp³-hybridized carbons (Fsp3) is 0.613. The van der Waals surface area contributed by atoms with E-state index in [2.05, 4.69) is 27.8 Å². The van der Waals surface area contributed by atoms with E-state index in [1.165, 1.54) is 5.56 Å². The summed E-state index contributed by atoms with van der Waals surface area (Å²) in [5.41, 5.74) is 1.89. The van der Waals surface area contributed by atoms with Gasteiger partial charge in [-0.05, 0) is 84.4 Å². The Labute approximate surface area is 244 Å². The quantitative estimate of drug-likeness (QED) is 0.338. The van der Waals surface area contributed by atoms with Gasteiger partial charge in [-0.3, -0.25) is 4.79 Å². The van der Waals surface area contributed by atoms with Gasteiger partial charge in [0.05, 0.1) is 13.5 Å². The van der Waals surface area contributed by atoms with Crippen molar-refractivity contribution in [1.29, 1.82) is 0 Å². The highest BCUT2D eigenvalue weighted by Gasteiger charge is 2.25. The second kappa shape index (κ2) is 14.5. The van der Waals surface area contributed by atoms with Gasteiger partial charge < -0.3 is 29.7 Å². The van der Waals surface area contributed by atoms with Crippen LogP contribution in [-0.4, -0.2) is 71.4 Å². The molecule has 1 atom stereocenters. The minimum absolute atomic E-state index is 0.121. The Morgan fingerprint density at radius 1 is 1.05 bits per heavy atom. The number of rotatable bonds is 12. The van der Waals surface area contributed by atoms with E-state index in [4.69, 9.17) is 19.2 Å². The molecule has 0 radical (unpaired) electrons. The van der Waals surface area contributed by atoms with Crippen LogP contribution >= 0.6 is 0 Å². The molecule has 0 aliphatic carbocycles. The number of carbonyl (C=O) groups is 2. The zero-order valence-corrected chi connectivity index (χ0v) is 25.7. The van der Waals surface area contributed by atoms with Crippen molar-refractivity contribution < 1.29 is 23.8 Å². The number of ether oxygens (including phenoxy) is 3. The highest BCUT2D eigenvalue weighted by atomic mass is 16.6. The Kier molecular flexibility index (Phi) is 11.3. The number of nitrogens with zero attached hydrogens (tertiary/aromatic N) is 3. The van der Waals surface area contributed by atoms with E-state index in [1.54, 1.807) is 24.3 Å². The summed E-state index contributed by atoms with van der Waals surface area (Å²) in [4.78, 5) is 36.6. The van der Waals surface area contributed by atoms with E-state index >= 15 is 0 Å². The molecule has 41 heavy (non-hydrogen) atoms. The molecule has 0 saturated heterocycles. The predicted octanol–water partition coefficient (Wildman–Crippen LogP) is 5.08. The van der Waals surface area contributed by atoms with Gasteiger partial charge in [-0.1, -0.05) is 12.1 Å². The van der Waals surface area contributed by atoms with Crippen molar-refractivity contribution in [3.05, 3.63) is 47.3 Å². The van der Waals surface area contributed by atoms with Crippen LogP contribution in [0.1, 0.15) is 83.7 Å². The summed E-state index contributed by atoms with van der Waals surface area (Å²) >= 11 is 0. The minimum Gasteiger partial charge on any atom is -0.481 e. The van der Waals surface area contributed by atoms with Crippen LogP contribution in [0.4, 0.5) is 10.6 Å². The largest absolute Gasteiger partial charge is 0.481 e. The van der Waals surface area contributed by atoms with E-state index in [1.807, 2.05) is 47.6 Å². The van der Waals surface area contributed by atoms with Crippen LogP contribution in [0.2, 0.25) is 0 Å². The number of anilines is 1. The molecule has 3 heterocycles. The molecule has 2 N–H and O–H groups in total. The molecule has 3 rings (SSSR count). The number of nitrogens with one attached hydrogen (secondary N) is 2. The molecule has 1 aliphatic rings. The zero-order chi connectivity index (χ0) is 30.0. The third-order valence-corrected chi connectivity index (χ3v) is 6.40. The molecule has 2 aromatic heterocycles. The maximum absolute atomic E-state index is 13.1. The molecular weight excluding hydrogens is 522 g/mol. The first-order valence-corrected chi connectivity index (χ1v) is 14.5. The third kappa shape index (κ3) is 11.2. The van der Waals surface area contributed by atoms with Crippen molar-refractivity contribution >= 4 is 17.9 Å². The van der Waals surface area contributed by atoms with Gasteiger partial charge >= 0.3 is 12.1 Å². The summed E-state index contributed by atoms with van der Waals surface area (Å²) in [6.07, 6.45) is 5.11. The van der Waals surface area contributed by atoms with Gasteiger partial charge in [0.15, 0.2) is 0 Å². The lowest BCUT2D eigenvalue weighted by atomic mass is 10.1. The summed E-state index contributed by atoms with van der Waals surface area (Å²) in [6, 6.07) is 7.51. The normalized spacial score (nSPS) is 13.9. The summed E-state index contributed by atoms with van der Waals surface area (Å²) in [5, 5.41) is 6.81. The van der Waals surface area contributed by atoms with Crippen LogP contribution in [0.15, 0.2) is 30.5 Å². The molecule has 0 bridgehead atoms. The molecule has 0 aromatic carbocycles. The second-order valence-corrected chi connectivity index (χ2v) is 12.3.